The Hall–Kier alpha value is -1.06. The minimum absolute atomic E-state index is 0.160. The summed E-state index contributed by atoms with van der Waals surface area (Å²) in [4.78, 5) is 26.7. The van der Waals surface area contributed by atoms with Gasteiger partial charge in [-0.15, -0.1) is 0 Å². The lowest BCUT2D eigenvalue weighted by Crippen LogP contribution is -2.49. The van der Waals surface area contributed by atoms with Crippen molar-refractivity contribution in [3.8, 4) is 0 Å². The predicted molar refractivity (Wildman–Crippen MR) is 86.8 cm³/mol. The third-order valence-electron chi connectivity index (χ3n) is 4.82. The summed E-state index contributed by atoms with van der Waals surface area (Å²) in [7, 11) is 0. The lowest BCUT2D eigenvalue weighted by Gasteiger charge is -2.39. The molecule has 1 amide bonds. The van der Waals surface area contributed by atoms with Crippen LogP contribution in [0.25, 0.3) is 0 Å². The predicted octanol–water partition coefficient (Wildman–Crippen LogP) is 4.31. The zero-order valence-corrected chi connectivity index (χ0v) is 14.6. The number of rotatable bonds is 5. The molecule has 2 atom stereocenters. The van der Waals surface area contributed by atoms with Crippen molar-refractivity contribution in [2.75, 3.05) is 0 Å². The molecule has 2 heterocycles. The molecule has 2 rings (SSSR count). The maximum atomic E-state index is 12.4. The highest BCUT2D eigenvalue weighted by atomic mass is 16.6. The summed E-state index contributed by atoms with van der Waals surface area (Å²) >= 11 is 0. The second kappa shape index (κ2) is 7.01. The van der Waals surface area contributed by atoms with Gasteiger partial charge in [0.25, 0.3) is 0 Å². The zero-order valence-electron chi connectivity index (χ0n) is 14.6. The van der Waals surface area contributed by atoms with Gasteiger partial charge in [0.05, 0.1) is 0 Å². The fraction of sp³-hybridized carbons (Fsp3) is 0.889. The highest BCUT2D eigenvalue weighted by Gasteiger charge is 2.46. The number of nitrogens with zero attached hydrogens (tertiary/aromatic N) is 1. The van der Waals surface area contributed by atoms with E-state index in [2.05, 4.69) is 6.92 Å². The maximum absolute atomic E-state index is 12.4. The number of carbonyl (C=O) groups is 2. The van der Waals surface area contributed by atoms with Crippen molar-refractivity contribution in [2.45, 2.75) is 96.7 Å². The molecule has 4 nitrogen and oxygen atoms in total. The molecule has 0 saturated carbocycles. The molecule has 2 aliphatic heterocycles. The molecule has 0 spiro atoms. The Morgan fingerprint density at radius 1 is 1.09 bits per heavy atom. The highest BCUT2D eigenvalue weighted by Crippen LogP contribution is 2.40. The van der Waals surface area contributed by atoms with Gasteiger partial charge in [-0.05, 0) is 52.9 Å². The normalized spacial score (nSPS) is 27.8. The fourth-order valence-electron chi connectivity index (χ4n) is 3.81. The number of hydrogen-bond donors (Lipinski definition) is 0. The number of Topliss-reactive ketones (excluding diaryl/α,β-unsaturated/α-hetero) is 1. The molecule has 0 N–H and O–H groups in total. The summed E-state index contributed by atoms with van der Waals surface area (Å²) in [6.07, 6.45) is 7.51. The van der Waals surface area contributed by atoms with Gasteiger partial charge in [0.2, 0.25) is 0 Å². The van der Waals surface area contributed by atoms with Crippen LogP contribution in [0.1, 0.15) is 79.1 Å². The molecule has 0 radical (unpaired) electrons. The van der Waals surface area contributed by atoms with Crippen LogP contribution in [0.3, 0.4) is 0 Å². The lowest BCUT2D eigenvalue weighted by atomic mass is 9.85. The van der Waals surface area contributed by atoms with Gasteiger partial charge in [-0.25, -0.2) is 4.79 Å². The van der Waals surface area contributed by atoms with Gasteiger partial charge < -0.3 is 9.64 Å². The third kappa shape index (κ3) is 4.23. The van der Waals surface area contributed by atoms with Gasteiger partial charge in [-0.2, -0.15) is 0 Å². The van der Waals surface area contributed by atoms with Crippen molar-refractivity contribution in [3.63, 3.8) is 0 Å². The van der Waals surface area contributed by atoms with Crippen molar-refractivity contribution in [1.29, 1.82) is 0 Å². The van der Waals surface area contributed by atoms with E-state index in [1.54, 1.807) is 0 Å². The Balaban J connectivity index is 1.91. The van der Waals surface area contributed by atoms with Gasteiger partial charge in [0.15, 0.2) is 0 Å². The molecule has 0 aromatic carbocycles. The largest absolute Gasteiger partial charge is 0.444 e. The van der Waals surface area contributed by atoms with Crippen molar-refractivity contribution >= 4 is 11.9 Å². The van der Waals surface area contributed by atoms with Crippen molar-refractivity contribution in [3.05, 3.63) is 0 Å². The van der Waals surface area contributed by atoms with E-state index >= 15 is 0 Å². The van der Waals surface area contributed by atoms with Crippen LogP contribution >= 0.6 is 0 Å². The Labute approximate surface area is 134 Å². The molecule has 0 aliphatic carbocycles. The number of amides is 1. The fourth-order valence-corrected chi connectivity index (χ4v) is 3.81. The summed E-state index contributed by atoms with van der Waals surface area (Å²) in [5.74, 6) is 0.572. The quantitative estimate of drug-likeness (QED) is 0.711. The second-order valence-corrected chi connectivity index (χ2v) is 7.86. The molecule has 2 unspecified atom stereocenters. The monoisotopic (exact) mass is 309 g/mol. The van der Waals surface area contributed by atoms with Crippen LogP contribution in [-0.4, -0.2) is 34.5 Å². The summed E-state index contributed by atoms with van der Waals surface area (Å²) < 4.78 is 5.54. The van der Waals surface area contributed by atoms with Crippen molar-refractivity contribution in [2.24, 2.45) is 5.92 Å². The molecule has 2 saturated heterocycles. The van der Waals surface area contributed by atoms with Crippen LogP contribution < -0.4 is 0 Å². The van der Waals surface area contributed by atoms with Gasteiger partial charge in [0, 0.05) is 24.4 Å². The van der Waals surface area contributed by atoms with Crippen LogP contribution in [0.2, 0.25) is 0 Å². The summed E-state index contributed by atoms with van der Waals surface area (Å²) in [5, 5.41) is 0. The Morgan fingerprint density at radius 2 is 1.68 bits per heavy atom. The van der Waals surface area contributed by atoms with Gasteiger partial charge in [-0.1, -0.05) is 19.8 Å². The number of fused-ring (bicyclic) bond motifs is 2. The lowest BCUT2D eigenvalue weighted by molar-refractivity contribution is -0.125. The second-order valence-electron chi connectivity index (χ2n) is 7.86. The SMILES string of the molecule is CCCCCC(=O)C1CC2CCC(C1)N2C(=O)OC(C)(C)C. The molecular weight excluding hydrogens is 278 g/mol. The van der Waals surface area contributed by atoms with E-state index in [1.807, 2.05) is 25.7 Å². The first kappa shape index (κ1) is 17.3. The highest BCUT2D eigenvalue weighted by molar-refractivity contribution is 5.81. The van der Waals surface area contributed by atoms with Crippen molar-refractivity contribution in [1.82, 2.24) is 4.90 Å². The number of ether oxygens (including phenoxy) is 1. The average Bonchev–Trinajstić information content (AvgIpc) is 2.68. The summed E-state index contributed by atoms with van der Waals surface area (Å²) in [6, 6.07) is 0.405. The smallest absolute Gasteiger partial charge is 0.410 e. The van der Waals surface area contributed by atoms with Gasteiger partial charge in [0.1, 0.15) is 11.4 Å². The van der Waals surface area contributed by atoms with E-state index in [0.29, 0.717) is 12.2 Å². The minimum atomic E-state index is -0.455. The van der Waals surface area contributed by atoms with E-state index in [4.69, 9.17) is 4.74 Å². The first-order chi connectivity index (χ1) is 10.3. The molecule has 2 bridgehead atoms. The first-order valence-electron chi connectivity index (χ1n) is 8.86. The Kier molecular flexibility index (Phi) is 5.51. The molecule has 2 fully saturated rings. The maximum Gasteiger partial charge on any atom is 0.410 e. The molecule has 4 heteroatoms. The minimum Gasteiger partial charge on any atom is -0.444 e. The number of ketones is 1. The van der Waals surface area contributed by atoms with E-state index in [0.717, 1.165) is 44.9 Å². The van der Waals surface area contributed by atoms with Crippen LogP contribution in [0.15, 0.2) is 0 Å². The van der Waals surface area contributed by atoms with E-state index in [1.165, 1.54) is 0 Å². The van der Waals surface area contributed by atoms with Crippen LogP contribution in [0.5, 0.6) is 0 Å². The molecule has 0 aromatic rings. The Bertz CT molecular complexity index is 399. The third-order valence-corrected chi connectivity index (χ3v) is 4.82. The van der Waals surface area contributed by atoms with E-state index < -0.39 is 5.60 Å². The standard InChI is InChI=1S/C18H31NO3/c1-5-6-7-8-16(20)13-11-14-9-10-15(12-13)19(14)17(21)22-18(2,3)4/h13-15H,5-12H2,1-4H3. The number of carbonyl (C=O) groups excluding carboxylic acids is 2. The molecular formula is C18H31NO3. The van der Waals surface area contributed by atoms with E-state index in [9.17, 15) is 9.59 Å². The number of unbranched alkanes of at least 4 members (excludes halogenated alkanes) is 2. The topological polar surface area (TPSA) is 46.6 Å². The zero-order chi connectivity index (χ0) is 16.3. The van der Waals surface area contributed by atoms with Crippen molar-refractivity contribution < 1.29 is 14.3 Å². The first-order valence-corrected chi connectivity index (χ1v) is 8.86. The summed E-state index contributed by atoms with van der Waals surface area (Å²) in [5.41, 5.74) is -0.455. The summed E-state index contributed by atoms with van der Waals surface area (Å²) in [6.45, 7) is 7.86. The van der Waals surface area contributed by atoms with Crippen LogP contribution in [0, 0.1) is 5.92 Å². The molecule has 2 aliphatic rings. The Morgan fingerprint density at radius 3 is 2.18 bits per heavy atom. The molecule has 126 valence electrons. The number of piperidine rings is 1. The molecule has 0 aromatic heterocycles. The van der Waals surface area contributed by atoms with Crippen LogP contribution in [0.4, 0.5) is 4.79 Å². The van der Waals surface area contributed by atoms with Crippen LogP contribution in [-0.2, 0) is 9.53 Å². The van der Waals surface area contributed by atoms with E-state index in [-0.39, 0.29) is 24.1 Å². The van der Waals surface area contributed by atoms with Gasteiger partial charge in [-0.3, -0.25) is 4.79 Å². The number of hydrogen-bond acceptors (Lipinski definition) is 3. The van der Waals surface area contributed by atoms with Gasteiger partial charge >= 0.3 is 6.09 Å². The molecule has 22 heavy (non-hydrogen) atoms. The average molecular weight is 309 g/mol.